The van der Waals surface area contributed by atoms with Gasteiger partial charge in [-0.05, 0) is 39.0 Å². The van der Waals surface area contributed by atoms with E-state index in [0.29, 0.717) is 0 Å². The molecule has 0 radical (unpaired) electrons. The minimum absolute atomic E-state index is 0.00460. The first-order valence-corrected chi connectivity index (χ1v) is 10.6. The van der Waals surface area contributed by atoms with E-state index in [9.17, 15) is 22.8 Å². The third-order valence-electron chi connectivity index (χ3n) is 4.32. The molecule has 0 saturated carbocycles. The fourth-order valence-electron chi connectivity index (χ4n) is 2.84. The average molecular weight is 442 g/mol. The Kier molecular flexibility index (Phi) is 7.09. The molecule has 0 aromatic heterocycles. The van der Waals surface area contributed by atoms with Crippen molar-refractivity contribution in [3.63, 3.8) is 0 Å². The van der Waals surface area contributed by atoms with Crippen LogP contribution in [0.5, 0.6) is 0 Å². The predicted molar refractivity (Wildman–Crippen MR) is 106 cm³/mol. The van der Waals surface area contributed by atoms with Crippen LogP contribution in [0.1, 0.15) is 41.5 Å². The molecule has 0 spiro atoms. The van der Waals surface area contributed by atoms with Crippen LogP contribution >= 0.6 is 0 Å². The van der Waals surface area contributed by atoms with Crippen molar-refractivity contribution in [1.82, 2.24) is 9.21 Å². The second kappa shape index (κ2) is 9.00. The van der Waals surface area contributed by atoms with E-state index in [2.05, 4.69) is 9.47 Å². The monoisotopic (exact) mass is 442 g/mol. The van der Waals surface area contributed by atoms with Gasteiger partial charge in [0.25, 0.3) is 0 Å². The normalized spacial score (nSPS) is 15.4. The number of esters is 2. The number of hydrogen-bond acceptors (Lipinski definition) is 8. The number of benzene rings is 1. The molecule has 1 heterocycles. The summed E-state index contributed by atoms with van der Waals surface area (Å²) in [5, 5.41) is 0. The summed E-state index contributed by atoms with van der Waals surface area (Å²) in [7, 11) is -1.85. The van der Waals surface area contributed by atoms with E-state index < -0.39 is 33.7 Å². The van der Waals surface area contributed by atoms with Crippen molar-refractivity contribution in [1.29, 1.82) is 0 Å². The molecule has 11 heteroatoms. The molecule has 1 saturated heterocycles. The lowest BCUT2D eigenvalue weighted by molar-refractivity contribution is 0.0192. The zero-order valence-corrected chi connectivity index (χ0v) is 18.4. The number of carbonyl (C=O) groups excluding carboxylic acids is 3. The summed E-state index contributed by atoms with van der Waals surface area (Å²) in [6.07, 6.45) is -0.525. The second-order valence-corrected chi connectivity index (χ2v) is 9.47. The summed E-state index contributed by atoms with van der Waals surface area (Å²) in [5.74, 6) is -1.59. The molecule has 1 amide bonds. The molecule has 0 aliphatic carbocycles. The first-order valence-electron chi connectivity index (χ1n) is 9.19. The number of carbonyl (C=O) groups is 3. The van der Waals surface area contributed by atoms with Crippen LogP contribution in [0.2, 0.25) is 0 Å². The van der Waals surface area contributed by atoms with Gasteiger partial charge in [0.15, 0.2) is 0 Å². The fourth-order valence-corrected chi connectivity index (χ4v) is 4.46. The minimum Gasteiger partial charge on any atom is -0.465 e. The van der Waals surface area contributed by atoms with E-state index >= 15 is 0 Å². The summed E-state index contributed by atoms with van der Waals surface area (Å²) in [6, 6.07) is 3.59. The van der Waals surface area contributed by atoms with E-state index in [0.717, 1.165) is 17.5 Å². The Hall–Kier alpha value is -2.66. The van der Waals surface area contributed by atoms with Crippen molar-refractivity contribution in [2.24, 2.45) is 0 Å². The lowest BCUT2D eigenvalue weighted by Gasteiger charge is -2.35. The molecule has 0 atom stereocenters. The standard InChI is InChI=1S/C19H26N2O8S/c1-19(2,3)29-18(24)20-8-10-21(11-9-20)30(25,26)15-12-13(16(22)27-4)6-7-14(15)17(23)28-5/h6-7,12H,8-11H2,1-5H3. The van der Waals surface area contributed by atoms with Gasteiger partial charge in [0.05, 0.1) is 30.2 Å². The summed E-state index contributed by atoms with van der Waals surface area (Å²) in [4.78, 5) is 37.2. The molecule has 1 aromatic rings. The molecule has 0 unspecified atom stereocenters. The maximum absolute atomic E-state index is 13.2. The van der Waals surface area contributed by atoms with Crippen molar-refractivity contribution in [3.8, 4) is 0 Å². The van der Waals surface area contributed by atoms with Crippen LogP contribution < -0.4 is 0 Å². The quantitative estimate of drug-likeness (QED) is 0.508. The Morgan fingerprint density at radius 2 is 1.50 bits per heavy atom. The average Bonchev–Trinajstić information content (AvgIpc) is 2.70. The summed E-state index contributed by atoms with van der Waals surface area (Å²) < 4.78 is 42.2. The third kappa shape index (κ3) is 5.28. The van der Waals surface area contributed by atoms with E-state index in [-0.39, 0.29) is 42.2 Å². The molecule has 10 nitrogen and oxygen atoms in total. The van der Waals surface area contributed by atoms with Crippen molar-refractivity contribution < 1.29 is 37.0 Å². The van der Waals surface area contributed by atoms with Crippen LogP contribution in [0.4, 0.5) is 4.79 Å². The van der Waals surface area contributed by atoms with Crippen LogP contribution in [0.25, 0.3) is 0 Å². The molecule has 1 aliphatic heterocycles. The van der Waals surface area contributed by atoms with Gasteiger partial charge in [-0.15, -0.1) is 0 Å². The number of sulfonamides is 1. The van der Waals surface area contributed by atoms with Crippen molar-refractivity contribution in [3.05, 3.63) is 29.3 Å². The number of nitrogens with zero attached hydrogens (tertiary/aromatic N) is 2. The molecule has 30 heavy (non-hydrogen) atoms. The van der Waals surface area contributed by atoms with E-state index in [1.54, 1.807) is 20.8 Å². The van der Waals surface area contributed by atoms with Gasteiger partial charge in [0.1, 0.15) is 5.60 Å². The Labute approximate surface area is 175 Å². The molecule has 1 aromatic carbocycles. The number of rotatable bonds is 4. The molecule has 1 aliphatic rings. The first kappa shape index (κ1) is 23.6. The fraction of sp³-hybridized carbons (Fsp3) is 0.526. The lowest BCUT2D eigenvalue weighted by Crippen LogP contribution is -2.51. The van der Waals surface area contributed by atoms with Gasteiger partial charge in [-0.2, -0.15) is 4.31 Å². The van der Waals surface area contributed by atoms with Gasteiger partial charge in [0, 0.05) is 26.2 Å². The summed E-state index contributed by atoms with van der Waals surface area (Å²) in [6.45, 7) is 5.49. The zero-order chi connectivity index (χ0) is 22.7. The minimum atomic E-state index is -4.15. The summed E-state index contributed by atoms with van der Waals surface area (Å²) >= 11 is 0. The van der Waals surface area contributed by atoms with Crippen LogP contribution in [0.3, 0.4) is 0 Å². The van der Waals surface area contributed by atoms with Gasteiger partial charge < -0.3 is 19.1 Å². The molecular formula is C19H26N2O8S. The molecular weight excluding hydrogens is 416 g/mol. The van der Waals surface area contributed by atoms with Gasteiger partial charge in [0.2, 0.25) is 10.0 Å². The number of piperazine rings is 1. The third-order valence-corrected chi connectivity index (χ3v) is 6.25. The Balaban J connectivity index is 2.30. The Morgan fingerprint density at radius 1 is 0.933 bits per heavy atom. The number of ether oxygens (including phenoxy) is 3. The van der Waals surface area contributed by atoms with Crippen LogP contribution in [0.15, 0.2) is 23.1 Å². The molecule has 0 N–H and O–H groups in total. The SMILES string of the molecule is COC(=O)c1ccc(C(=O)OC)c(S(=O)(=O)N2CCN(C(=O)OC(C)(C)C)CC2)c1. The summed E-state index contributed by atoms with van der Waals surface area (Å²) in [5.41, 5.74) is -0.875. The second-order valence-electron chi connectivity index (χ2n) is 7.57. The molecule has 1 fully saturated rings. The highest BCUT2D eigenvalue weighted by molar-refractivity contribution is 7.89. The van der Waals surface area contributed by atoms with Gasteiger partial charge in [-0.25, -0.2) is 22.8 Å². The first-order chi connectivity index (χ1) is 13.9. The maximum atomic E-state index is 13.2. The van der Waals surface area contributed by atoms with Gasteiger partial charge >= 0.3 is 18.0 Å². The van der Waals surface area contributed by atoms with E-state index in [4.69, 9.17) is 4.74 Å². The highest BCUT2D eigenvalue weighted by Gasteiger charge is 2.35. The van der Waals surface area contributed by atoms with Crippen molar-refractivity contribution in [2.45, 2.75) is 31.3 Å². The van der Waals surface area contributed by atoms with Gasteiger partial charge in [-0.1, -0.05) is 0 Å². The smallest absolute Gasteiger partial charge is 0.410 e. The highest BCUT2D eigenvalue weighted by Crippen LogP contribution is 2.25. The largest absolute Gasteiger partial charge is 0.465 e. The van der Waals surface area contributed by atoms with Crippen LogP contribution in [-0.4, -0.2) is 81.7 Å². The van der Waals surface area contributed by atoms with Crippen LogP contribution in [-0.2, 0) is 24.2 Å². The Morgan fingerprint density at radius 3 is 2.00 bits per heavy atom. The molecule has 166 valence electrons. The van der Waals surface area contributed by atoms with Crippen molar-refractivity contribution >= 4 is 28.1 Å². The number of hydrogen-bond donors (Lipinski definition) is 0. The van der Waals surface area contributed by atoms with Crippen molar-refractivity contribution in [2.75, 3.05) is 40.4 Å². The van der Waals surface area contributed by atoms with E-state index in [1.165, 1.54) is 24.1 Å². The lowest BCUT2D eigenvalue weighted by atomic mass is 10.1. The zero-order valence-electron chi connectivity index (χ0n) is 17.6. The Bertz CT molecular complexity index is 928. The van der Waals surface area contributed by atoms with Gasteiger partial charge in [-0.3, -0.25) is 0 Å². The number of methoxy groups -OCH3 is 2. The predicted octanol–water partition coefficient (Wildman–Crippen LogP) is 1.50. The topological polar surface area (TPSA) is 120 Å². The van der Waals surface area contributed by atoms with Crippen LogP contribution in [0, 0.1) is 0 Å². The number of amides is 1. The molecule has 2 rings (SSSR count). The highest BCUT2D eigenvalue weighted by atomic mass is 32.2. The van der Waals surface area contributed by atoms with E-state index in [1.807, 2.05) is 0 Å². The maximum Gasteiger partial charge on any atom is 0.410 e. The molecule has 0 bridgehead atoms.